The molecule has 0 bridgehead atoms. The molecule has 0 aliphatic heterocycles. The third-order valence-electron chi connectivity index (χ3n) is 2.72. The van der Waals surface area contributed by atoms with Crippen LogP contribution in [0.2, 0.25) is 0 Å². The quantitative estimate of drug-likeness (QED) is 0.531. The fraction of sp³-hybridized carbons (Fsp3) is 0.833. The lowest BCUT2D eigenvalue weighted by Gasteiger charge is -2.17. The van der Waals surface area contributed by atoms with Gasteiger partial charge in [0.15, 0.2) is 0 Å². The van der Waals surface area contributed by atoms with Crippen molar-refractivity contribution in [3.63, 3.8) is 0 Å². The molecule has 1 aromatic rings. The molecule has 1 aromatic heterocycles. The SMILES string of the molecule is CC(C)n1ncnc1CN(C)CCCCCCl. The van der Waals surface area contributed by atoms with Crippen LogP contribution in [0.4, 0.5) is 0 Å². The van der Waals surface area contributed by atoms with Crippen LogP contribution in [0.25, 0.3) is 0 Å². The maximum Gasteiger partial charge on any atom is 0.141 e. The first-order valence-corrected chi connectivity index (χ1v) is 6.81. The Hall–Kier alpha value is -0.610. The molecular formula is C12H23ClN4. The van der Waals surface area contributed by atoms with Crippen LogP contribution in [-0.2, 0) is 6.54 Å². The predicted molar refractivity (Wildman–Crippen MR) is 71.3 cm³/mol. The van der Waals surface area contributed by atoms with Crippen LogP contribution in [-0.4, -0.2) is 39.1 Å². The Morgan fingerprint density at radius 1 is 1.35 bits per heavy atom. The first-order chi connectivity index (χ1) is 8.15. The molecule has 4 nitrogen and oxygen atoms in total. The first kappa shape index (κ1) is 14.5. The van der Waals surface area contributed by atoms with E-state index in [-0.39, 0.29) is 0 Å². The molecule has 0 saturated heterocycles. The minimum absolute atomic E-state index is 0.372. The van der Waals surface area contributed by atoms with Crippen LogP contribution in [0.5, 0.6) is 0 Å². The van der Waals surface area contributed by atoms with Crippen molar-refractivity contribution >= 4 is 11.6 Å². The summed E-state index contributed by atoms with van der Waals surface area (Å²) in [5.41, 5.74) is 0. The van der Waals surface area contributed by atoms with Gasteiger partial charge in [0.25, 0.3) is 0 Å². The van der Waals surface area contributed by atoms with Gasteiger partial charge in [0.1, 0.15) is 12.2 Å². The first-order valence-electron chi connectivity index (χ1n) is 6.28. The Bertz CT molecular complexity index is 311. The molecule has 98 valence electrons. The van der Waals surface area contributed by atoms with Gasteiger partial charge in [0.2, 0.25) is 0 Å². The zero-order valence-electron chi connectivity index (χ0n) is 11.1. The molecule has 0 radical (unpaired) electrons. The van der Waals surface area contributed by atoms with E-state index in [0.29, 0.717) is 6.04 Å². The molecule has 0 fully saturated rings. The molecule has 17 heavy (non-hydrogen) atoms. The topological polar surface area (TPSA) is 34.0 Å². The van der Waals surface area contributed by atoms with E-state index in [9.17, 15) is 0 Å². The maximum atomic E-state index is 5.65. The van der Waals surface area contributed by atoms with E-state index >= 15 is 0 Å². The van der Waals surface area contributed by atoms with E-state index in [1.807, 2.05) is 4.68 Å². The number of aromatic nitrogens is 3. The summed E-state index contributed by atoms with van der Waals surface area (Å²) in [6, 6.07) is 0.372. The average molecular weight is 259 g/mol. The standard InChI is InChI=1S/C12H23ClN4/c1-11(2)17-12(14-10-15-17)9-16(3)8-6-4-5-7-13/h10-11H,4-9H2,1-3H3. The number of nitrogens with zero attached hydrogens (tertiary/aromatic N) is 4. The van der Waals surface area contributed by atoms with Gasteiger partial charge < -0.3 is 0 Å². The largest absolute Gasteiger partial charge is 0.299 e. The molecule has 5 heteroatoms. The fourth-order valence-corrected chi connectivity index (χ4v) is 1.98. The van der Waals surface area contributed by atoms with Crippen molar-refractivity contribution in [3.8, 4) is 0 Å². The summed E-state index contributed by atoms with van der Waals surface area (Å²) in [6.45, 7) is 6.19. The summed E-state index contributed by atoms with van der Waals surface area (Å²) in [7, 11) is 2.13. The maximum absolute atomic E-state index is 5.65. The van der Waals surface area contributed by atoms with Gasteiger partial charge in [-0.25, -0.2) is 9.67 Å². The Morgan fingerprint density at radius 3 is 2.76 bits per heavy atom. The highest BCUT2D eigenvalue weighted by Gasteiger charge is 2.09. The van der Waals surface area contributed by atoms with Crippen LogP contribution >= 0.6 is 11.6 Å². The second kappa shape index (κ2) is 7.67. The van der Waals surface area contributed by atoms with Gasteiger partial charge in [-0.15, -0.1) is 11.6 Å². The Labute approximate surface area is 109 Å². The number of hydrogen-bond donors (Lipinski definition) is 0. The molecule has 1 rings (SSSR count). The number of alkyl halides is 1. The summed E-state index contributed by atoms with van der Waals surface area (Å²) in [5.74, 6) is 1.81. The highest BCUT2D eigenvalue weighted by molar-refractivity contribution is 6.17. The molecule has 0 spiro atoms. The molecule has 0 N–H and O–H groups in total. The van der Waals surface area contributed by atoms with Gasteiger partial charge in [-0.1, -0.05) is 6.42 Å². The molecule has 0 atom stereocenters. The molecule has 0 amide bonds. The predicted octanol–water partition coefficient (Wildman–Crippen LogP) is 2.70. The normalized spacial score (nSPS) is 11.6. The van der Waals surface area contributed by atoms with Crippen LogP contribution in [0, 0.1) is 0 Å². The minimum atomic E-state index is 0.372. The molecule has 0 aliphatic rings. The lowest BCUT2D eigenvalue weighted by atomic mass is 10.2. The van der Waals surface area contributed by atoms with E-state index in [1.165, 1.54) is 12.8 Å². The summed E-state index contributed by atoms with van der Waals surface area (Å²) >= 11 is 5.65. The third-order valence-corrected chi connectivity index (χ3v) is 2.99. The van der Waals surface area contributed by atoms with E-state index in [4.69, 9.17) is 11.6 Å². The lowest BCUT2D eigenvalue weighted by molar-refractivity contribution is 0.299. The minimum Gasteiger partial charge on any atom is -0.299 e. The van der Waals surface area contributed by atoms with Gasteiger partial charge in [-0.05, 0) is 40.3 Å². The number of unbranched alkanes of at least 4 members (excludes halogenated alkanes) is 2. The van der Waals surface area contributed by atoms with Crippen molar-refractivity contribution < 1.29 is 0 Å². The molecule has 1 heterocycles. The van der Waals surface area contributed by atoms with Gasteiger partial charge >= 0.3 is 0 Å². The van der Waals surface area contributed by atoms with Crippen molar-refractivity contribution in [1.29, 1.82) is 0 Å². The van der Waals surface area contributed by atoms with Gasteiger partial charge in [-0.2, -0.15) is 5.10 Å². The highest BCUT2D eigenvalue weighted by Crippen LogP contribution is 2.08. The Kier molecular flexibility index (Phi) is 6.52. The molecular weight excluding hydrogens is 236 g/mol. The monoisotopic (exact) mass is 258 g/mol. The number of halogens is 1. The highest BCUT2D eigenvalue weighted by atomic mass is 35.5. The molecule has 0 aromatic carbocycles. The number of hydrogen-bond acceptors (Lipinski definition) is 3. The third kappa shape index (κ3) is 5.04. The van der Waals surface area contributed by atoms with Gasteiger partial charge in [0, 0.05) is 11.9 Å². The second-order valence-corrected chi connectivity index (χ2v) is 5.08. The zero-order chi connectivity index (χ0) is 12.7. The van der Waals surface area contributed by atoms with Crippen LogP contribution in [0.15, 0.2) is 6.33 Å². The van der Waals surface area contributed by atoms with Gasteiger partial charge in [-0.3, -0.25) is 4.90 Å². The van der Waals surface area contributed by atoms with E-state index in [0.717, 1.165) is 31.2 Å². The van der Waals surface area contributed by atoms with Crippen molar-refractivity contribution in [1.82, 2.24) is 19.7 Å². The molecule has 0 aliphatic carbocycles. The second-order valence-electron chi connectivity index (χ2n) is 4.70. The van der Waals surface area contributed by atoms with Gasteiger partial charge in [0.05, 0.1) is 6.54 Å². The summed E-state index contributed by atoms with van der Waals surface area (Å²) < 4.78 is 1.98. The van der Waals surface area contributed by atoms with E-state index in [2.05, 4.69) is 35.9 Å². The Morgan fingerprint density at radius 2 is 2.12 bits per heavy atom. The van der Waals surface area contributed by atoms with Crippen LogP contribution in [0.1, 0.15) is 45.0 Å². The summed E-state index contributed by atoms with van der Waals surface area (Å²) in [4.78, 5) is 6.60. The smallest absolute Gasteiger partial charge is 0.141 e. The zero-order valence-corrected chi connectivity index (χ0v) is 11.8. The summed E-state index contributed by atoms with van der Waals surface area (Å²) in [6.07, 6.45) is 5.14. The van der Waals surface area contributed by atoms with Crippen molar-refractivity contribution in [2.45, 2.75) is 45.7 Å². The van der Waals surface area contributed by atoms with Crippen molar-refractivity contribution in [2.24, 2.45) is 0 Å². The van der Waals surface area contributed by atoms with Crippen molar-refractivity contribution in [3.05, 3.63) is 12.2 Å². The van der Waals surface area contributed by atoms with Crippen LogP contribution < -0.4 is 0 Å². The van der Waals surface area contributed by atoms with E-state index < -0.39 is 0 Å². The Balaban J connectivity index is 2.34. The molecule has 0 saturated carbocycles. The molecule has 0 unspecified atom stereocenters. The van der Waals surface area contributed by atoms with Crippen molar-refractivity contribution in [2.75, 3.05) is 19.5 Å². The fourth-order valence-electron chi connectivity index (χ4n) is 1.79. The number of rotatable bonds is 8. The summed E-state index contributed by atoms with van der Waals surface area (Å²) in [5, 5.41) is 4.24. The van der Waals surface area contributed by atoms with Crippen LogP contribution in [0.3, 0.4) is 0 Å². The lowest BCUT2D eigenvalue weighted by Crippen LogP contribution is -2.22. The van der Waals surface area contributed by atoms with E-state index in [1.54, 1.807) is 6.33 Å². The average Bonchev–Trinajstić information content (AvgIpc) is 2.72.